The number of likely N-dealkylation sites (tertiary alicyclic amines) is 1. The van der Waals surface area contributed by atoms with E-state index in [-0.39, 0.29) is 24.0 Å². The molecule has 1 spiro atoms. The van der Waals surface area contributed by atoms with E-state index in [1.54, 1.807) is 0 Å². The second-order valence-electron chi connectivity index (χ2n) is 8.95. The summed E-state index contributed by atoms with van der Waals surface area (Å²) in [6.07, 6.45) is 11.1. The number of nitrogens with one attached hydrogen (secondary N) is 2. The average molecular weight is 490 g/mol. The Morgan fingerprint density at radius 3 is 2.78 bits per heavy atom. The monoisotopic (exact) mass is 490 g/mol. The van der Waals surface area contributed by atoms with Crippen molar-refractivity contribution in [2.24, 2.45) is 16.3 Å². The highest BCUT2D eigenvalue weighted by Gasteiger charge is 2.66. The molecule has 4 rings (SSSR count). The Bertz CT molecular complexity index is 510. The number of rotatable bonds is 6. The van der Waals surface area contributed by atoms with E-state index >= 15 is 0 Å². The second kappa shape index (κ2) is 9.61. The lowest BCUT2D eigenvalue weighted by Gasteiger charge is -2.63. The fraction of sp³-hybridized carbons (Fsp3) is 0.952. The van der Waals surface area contributed by atoms with Crippen LogP contribution in [0, 0.1) is 11.3 Å². The molecule has 4 fully saturated rings. The zero-order valence-electron chi connectivity index (χ0n) is 17.2. The van der Waals surface area contributed by atoms with E-state index in [9.17, 15) is 0 Å². The van der Waals surface area contributed by atoms with Gasteiger partial charge in [0.25, 0.3) is 0 Å². The molecule has 0 aromatic heterocycles. The maximum Gasteiger partial charge on any atom is 0.191 e. The maximum atomic E-state index is 6.05. The van der Waals surface area contributed by atoms with Gasteiger partial charge in [-0.15, -0.1) is 24.0 Å². The molecule has 2 heterocycles. The Balaban J connectivity index is 0.00000210. The molecule has 4 atom stereocenters. The number of hydrogen-bond donors (Lipinski definition) is 2. The largest absolute Gasteiger partial charge is 0.377 e. The van der Waals surface area contributed by atoms with Gasteiger partial charge in [-0.05, 0) is 58.9 Å². The van der Waals surface area contributed by atoms with E-state index in [0.717, 1.165) is 38.1 Å². The van der Waals surface area contributed by atoms with E-state index < -0.39 is 0 Å². The zero-order valence-corrected chi connectivity index (χ0v) is 19.5. The molecule has 2 aliphatic carbocycles. The maximum absolute atomic E-state index is 6.05. The Labute approximate surface area is 182 Å². The number of fused-ring (bicyclic) bond motifs is 2. The highest BCUT2D eigenvalue weighted by atomic mass is 127. The summed E-state index contributed by atoms with van der Waals surface area (Å²) in [5.41, 5.74) is 0.417. The number of piperidine rings is 1. The highest BCUT2D eigenvalue weighted by Crippen LogP contribution is 2.62. The van der Waals surface area contributed by atoms with Gasteiger partial charge in [-0.25, -0.2) is 0 Å². The molecule has 2 N–H and O–H groups in total. The molecule has 0 bridgehead atoms. The average Bonchev–Trinajstić information content (AvgIpc) is 3.01. The van der Waals surface area contributed by atoms with Gasteiger partial charge in [0.1, 0.15) is 0 Å². The minimum atomic E-state index is 0. The summed E-state index contributed by atoms with van der Waals surface area (Å²) >= 11 is 0. The van der Waals surface area contributed by atoms with Crippen molar-refractivity contribution in [3.8, 4) is 0 Å². The van der Waals surface area contributed by atoms with E-state index in [1.807, 2.05) is 0 Å². The van der Waals surface area contributed by atoms with Crippen LogP contribution in [0.3, 0.4) is 0 Å². The molecule has 0 amide bonds. The first-order chi connectivity index (χ1) is 12.7. The first kappa shape index (κ1) is 21.6. The van der Waals surface area contributed by atoms with Crippen LogP contribution >= 0.6 is 24.0 Å². The lowest BCUT2D eigenvalue weighted by atomic mass is 9.46. The van der Waals surface area contributed by atoms with Crippen molar-refractivity contribution in [1.29, 1.82) is 0 Å². The Morgan fingerprint density at radius 2 is 2.07 bits per heavy atom. The predicted octanol–water partition coefficient (Wildman–Crippen LogP) is 3.38. The third-order valence-electron chi connectivity index (χ3n) is 7.49. The molecule has 156 valence electrons. The molecular formula is C21H39IN4O. The molecule has 4 aliphatic rings. The first-order valence-electron chi connectivity index (χ1n) is 11.1. The summed E-state index contributed by atoms with van der Waals surface area (Å²) in [5, 5.41) is 7.29. The van der Waals surface area contributed by atoms with E-state index in [1.165, 1.54) is 58.0 Å². The first-order valence-corrected chi connectivity index (χ1v) is 11.1. The van der Waals surface area contributed by atoms with E-state index in [0.29, 0.717) is 23.5 Å². The van der Waals surface area contributed by atoms with Crippen molar-refractivity contribution in [2.75, 3.05) is 32.8 Å². The number of aliphatic imine (C=N–C) groups is 1. The molecule has 6 heteroatoms. The predicted molar refractivity (Wildman–Crippen MR) is 122 cm³/mol. The Kier molecular flexibility index (Phi) is 7.70. The fourth-order valence-corrected chi connectivity index (χ4v) is 5.88. The summed E-state index contributed by atoms with van der Waals surface area (Å²) in [4.78, 5) is 7.56. The lowest BCUT2D eigenvalue weighted by molar-refractivity contribution is -0.171. The molecule has 5 nitrogen and oxygen atoms in total. The van der Waals surface area contributed by atoms with Gasteiger partial charge >= 0.3 is 0 Å². The zero-order chi connectivity index (χ0) is 18.0. The molecule has 0 aromatic rings. The highest BCUT2D eigenvalue weighted by molar-refractivity contribution is 14.0. The molecule has 0 aromatic carbocycles. The smallest absolute Gasteiger partial charge is 0.191 e. The number of ether oxygens (including phenoxy) is 1. The summed E-state index contributed by atoms with van der Waals surface area (Å²) in [6, 6.07) is 1.33. The number of guanidine groups is 1. The van der Waals surface area contributed by atoms with Crippen molar-refractivity contribution in [3.05, 3.63) is 0 Å². The quantitative estimate of drug-likeness (QED) is 0.260. The van der Waals surface area contributed by atoms with Crippen LogP contribution in [-0.2, 0) is 4.74 Å². The fourth-order valence-electron chi connectivity index (χ4n) is 5.88. The molecular weight excluding hydrogens is 451 g/mol. The van der Waals surface area contributed by atoms with Gasteiger partial charge in [-0.3, -0.25) is 4.99 Å². The van der Waals surface area contributed by atoms with Crippen LogP contribution in [0.5, 0.6) is 0 Å². The summed E-state index contributed by atoms with van der Waals surface area (Å²) in [6.45, 7) is 9.81. The standard InChI is InChI=1S/C21H38N4O.HI/c1-3-22-20(23-12-7-14-25-13-5-4-8-16(25)2)24-18-17-9-15-26-19(17)21(18)10-6-11-21;/h16-19H,3-15H2,1-2H3,(H2,22,23,24);1H. The molecule has 2 saturated carbocycles. The second-order valence-corrected chi connectivity index (χ2v) is 8.95. The van der Waals surface area contributed by atoms with Crippen LogP contribution < -0.4 is 10.6 Å². The summed E-state index contributed by atoms with van der Waals surface area (Å²) in [5.74, 6) is 1.73. The van der Waals surface area contributed by atoms with Crippen LogP contribution in [0.1, 0.15) is 65.2 Å². The normalized spacial score (nSPS) is 35.0. The van der Waals surface area contributed by atoms with Crippen LogP contribution in [0.15, 0.2) is 4.99 Å². The van der Waals surface area contributed by atoms with Crippen molar-refractivity contribution in [1.82, 2.24) is 15.5 Å². The van der Waals surface area contributed by atoms with Gasteiger partial charge in [-0.2, -0.15) is 0 Å². The van der Waals surface area contributed by atoms with Gasteiger partial charge < -0.3 is 20.3 Å². The number of halogens is 1. The number of nitrogens with zero attached hydrogens (tertiary/aromatic N) is 2. The van der Waals surface area contributed by atoms with Crippen LogP contribution in [-0.4, -0.2) is 61.8 Å². The van der Waals surface area contributed by atoms with E-state index in [4.69, 9.17) is 9.73 Å². The third-order valence-corrected chi connectivity index (χ3v) is 7.49. The van der Waals surface area contributed by atoms with Gasteiger partial charge in [0.15, 0.2) is 5.96 Å². The van der Waals surface area contributed by atoms with Crippen molar-refractivity contribution in [3.63, 3.8) is 0 Å². The number of hydrogen-bond acceptors (Lipinski definition) is 3. The minimum Gasteiger partial charge on any atom is -0.377 e. The summed E-state index contributed by atoms with van der Waals surface area (Å²) in [7, 11) is 0. The molecule has 2 aliphatic heterocycles. The van der Waals surface area contributed by atoms with Crippen LogP contribution in [0.2, 0.25) is 0 Å². The lowest BCUT2D eigenvalue weighted by Crippen LogP contribution is -2.72. The SMILES string of the molecule is CCNC(=NCCCN1CCCCC1C)NC1C2CCOC2C12CCC2.I. The van der Waals surface area contributed by atoms with Gasteiger partial charge in [0, 0.05) is 49.7 Å². The molecule has 0 radical (unpaired) electrons. The van der Waals surface area contributed by atoms with Gasteiger partial charge in [-0.1, -0.05) is 12.8 Å². The minimum absolute atomic E-state index is 0. The molecule has 2 saturated heterocycles. The Hall–Kier alpha value is -0.0800. The molecule has 4 unspecified atom stereocenters. The Morgan fingerprint density at radius 1 is 1.22 bits per heavy atom. The topological polar surface area (TPSA) is 48.9 Å². The van der Waals surface area contributed by atoms with Crippen molar-refractivity contribution < 1.29 is 4.74 Å². The molecule has 27 heavy (non-hydrogen) atoms. The van der Waals surface area contributed by atoms with Crippen LogP contribution in [0.25, 0.3) is 0 Å². The van der Waals surface area contributed by atoms with Crippen molar-refractivity contribution >= 4 is 29.9 Å². The summed E-state index contributed by atoms with van der Waals surface area (Å²) < 4.78 is 6.05. The van der Waals surface area contributed by atoms with E-state index in [2.05, 4.69) is 29.4 Å². The van der Waals surface area contributed by atoms with Crippen molar-refractivity contribution in [2.45, 2.75) is 83.4 Å². The van der Waals surface area contributed by atoms with Crippen LogP contribution in [0.4, 0.5) is 0 Å². The third kappa shape index (κ3) is 4.27. The van der Waals surface area contributed by atoms with Gasteiger partial charge in [0.05, 0.1) is 6.10 Å². The van der Waals surface area contributed by atoms with Gasteiger partial charge in [0.2, 0.25) is 0 Å².